The Balaban J connectivity index is 1.22. The van der Waals surface area contributed by atoms with Crippen LogP contribution < -0.4 is 10.1 Å². The number of esters is 1. The third-order valence-corrected chi connectivity index (χ3v) is 9.47. The smallest absolute Gasteiger partial charge is 0.340 e. The molecule has 1 fully saturated rings. The van der Waals surface area contributed by atoms with Gasteiger partial charge in [-0.25, -0.2) is 9.59 Å². The van der Waals surface area contributed by atoms with E-state index < -0.39 is 41.2 Å². The standard InChI is InChI=1S/C38H40N2O10/c1-2-3-4-5-6-7-8-9-10-24(36(46)50-40-33(43)17-18-34(40)44)22-39-35(45)23-11-14-27-30(19-23)38(49-37(27)47)28-15-12-25(41)20-31(28)48-32-21-26(42)13-16-29(32)38/h11-16,19-21,24,41-42H,2-10,17-18,22H2,1H3,(H,39,45). The lowest BCUT2D eigenvalue weighted by atomic mass is 9.77. The Morgan fingerprint density at radius 2 is 1.42 bits per heavy atom. The number of rotatable bonds is 14. The number of hydrogen-bond donors (Lipinski definition) is 3. The SMILES string of the molecule is CCCCCCCCCCC(CNC(=O)c1ccc2c(c1)C1(OC2=O)c2ccc(O)cc2Oc2cc(O)ccc21)C(=O)ON1C(=O)CCC1=O. The van der Waals surface area contributed by atoms with Gasteiger partial charge in [0.05, 0.1) is 11.5 Å². The van der Waals surface area contributed by atoms with Gasteiger partial charge in [-0.3, -0.25) is 14.4 Å². The number of carbonyl (C=O) groups is 5. The summed E-state index contributed by atoms with van der Waals surface area (Å²) in [5.41, 5.74) is 0.0354. The number of hydrogen-bond acceptors (Lipinski definition) is 10. The van der Waals surface area contributed by atoms with E-state index >= 15 is 0 Å². The van der Waals surface area contributed by atoms with Crippen LogP contribution >= 0.6 is 0 Å². The van der Waals surface area contributed by atoms with Crippen molar-refractivity contribution in [1.82, 2.24) is 10.4 Å². The molecule has 0 aliphatic carbocycles. The molecule has 1 atom stereocenters. The van der Waals surface area contributed by atoms with E-state index in [0.717, 1.165) is 25.7 Å². The number of phenolic OH excluding ortho intramolecular Hbond substituents is 2. The van der Waals surface area contributed by atoms with Gasteiger partial charge in [-0.15, -0.1) is 5.06 Å². The van der Waals surface area contributed by atoms with Crippen LogP contribution in [0.25, 0.3) is 0 Å². The number of carbonyl (C=O) groups excluding carboxylic acids is 5. The van der Waals surface area contributed by atoms with Crippen LogP contribution in [-0.4, -0.2) is 51.5 Å². The van der Waals surface area contributed by atoms with E-state index in [1.165, 1.54) is 55.7 Å². The number of nitrogens with one attached hydrogen (secondary N) is 1. The monoisotopic (exact) mass is 684 g/mol. The molecule has 1 saturated heterocycles. The van der Waals surface area contributed by atoms with Crippen molar-refractivity contribution in [3.8, 4) is 23.0 Å². The van der Waals surface area contributed by atoms with Crippen molar-refractivity contribution in [3.05, 3.63) is 82.4 Å². The summed E-state index contributed by atoms with van der Waals surface area (Å²) in [6, 6.07) is 13.3. The molecule has 3 aromatic carbocycles. The third-order valence-electron chi connectivity index (χ3n) is 9.47. The Kier molecular flexibility index (Phi) is 10.1. The van der Waals surface area contributed by atoms with E-state index in [-0.39, 0.29) is 53.5 Å². The molecule has 0 radical (unpaired) electrons. The molecule has 3 aromatic rings. The highest BCUT2D eigenvalue weighted by Crippen LogP contribution is 2.57. The number of imide groups is 1. The molecule has 0 bridgehead atoms. The van der Waals surface area contributed by atoms with Crippen LogP contribution in [0.3, 0.4) is 0 Å². The van der Waals surface area contributed by atoms with Crippen molar-refractivity contribution in [2.24, 2.45) is 5.92 Å². The van der Waals surface area contributed by atoms with Crippen LogP contribution in [0.4, 0.5) is 0 Å². The second kappa shape index (κ2) is 14.6. The fraction of sp³-hybridized carbons (Fsp3) is 0.395. The second-order valence-corrected chi connectivity index (χ2v) is 13.0. The van der Waals surface area contributed by atoms with Gasteiger partial charge in [0, 0.05) is 53.8 Å². The Hall–Kier alpha value is -5.39. The van der Waals surface area contributed by atoms with E-state index in [1.54, 1.807) is 18.2 Å². The van der Waals surface area contributed by atoms with Crippen molar-refractivity contribution < 1.29 is 48.5 Å². The minimum Gasteiger partial charge on any atom is -0.508 e. The first-order valence-electron chi connectivity index (χ1n) is 17.2. The number of benzene rings is 3. The summed E-state index contributed by atoms with van der Waals surface area (Å²) in [6.45, 7) is 2.06. The number of ether oxygens (including phenoxy) is 2. The van der Waals surface area contributed by atoms with Gasteiger partial charge in [-0.05, 0) is 48.9 Å². The molecule has 0 saturated carbocycles. The molecule has 12 heteroatoms. The molecule has 50 heavy (non-hydrogen) atoms. The van der Waals surface area contributed by atoms with Crippen molar-refractivity contribution >= 4 is 29.7 Å². The largest absolute Gasteiger partial charge is 0.508 e. The van der Waals surface area contributed by atoms with Crippen molar-refractivity contribution in [3.63, 3.8) is 0 Å². The zero-order valence-electron chi connectivity index (χ0n) is 27.9. The first-order chi connectivity index (χ1) is 24.1. The zero-order chi connectivity index (χ0) is 35.4. The topological polar surface area (TPSA) is 169 Å². The number of phenols is 2. The molecule has 3 aliphatic rings. The Labute approximate surface area is 289 Å². The van der Waals surface area contributed by atoms with Gasteiger partial charge in [0.15, 0.2) is 5.60 Å². The van der Waals surface area contributed by atoms with Crippen LogP contribution in [0, 0.1) is 5.92 Å². The molecule has 3 aliphatic heterocycles. The molecule has 6 rings (SSSR count). The number of unbranched alkanes of at least 4 members (excludes halogenated alkanes) is 7. The number of hydroxylamine groups is 2. The lowest BCUT2D eigenvalue weighted by molar-refractivity contribution is -0.200. The average Bonchev–Trinajstić information content (AvgIpc) is 3.57. The lowest BCUT2D eigenvalue weighted by Crippen LogP contribution is -2.39. The zero-order valence-corrected chi connectivity index (χ0v) is 27.9. The highest BCUT2D eigenvalue weighted by Gasteiger charge is 2.54. The molecule has 3 heterocycles. The Morgan fingerprint density at radius 1 is 0.820 bits per heavy atom. The minimum atomic E-state index is -1.55. The normalized spacial score (nSPS) is 15.9. The van der Waals surface area contributed by atoms with Crippen LogP contribution in [0.15, 0.2) is 54.6 Å². The molecular weight excluding hydrogens is 644 g/mol. The molecule has 1 unspecified atom stereocenters. The number of nitrogens with zero attached hydrogens (tertiary/aromatic N) is 1. The quantitative estimate of drug-likeness (QED) is 0.102. The lowest BCUT2D eigenvalue weighted by Gasteiger charge is -2.36. The van der Waals surface area contributed by atoms with Crippen LogP contribution in [0.5, 0.6) is 23.0 Å². The molecule has 1 spiro atoms. The van der Waals surface area contributed by atoms with Gasteiger partial charge >= 0.3 is 11.9 Å². The van der Waals surface area contributed by atoms with E-state index in [9.17, 15) is 34.2 Å². The molecule has 3 N–H and O–H groups in total. The van der Waals surface area contributed by atoms with Crippen molar-refractivity contribution in [2.75, 3.05) is 6.54 Å². The number of aromatic hydroxyl groups is 2. The maximum Gasteiger partial charge on any atom is 0.340 e. The molecule has 262 valence electrons. The fourth-order valence-electron chi connectivity index (χ4n) is 6.81. The van der Waals surface area contributed by atoms with Crippen LogP contribution in [-0.2, 0) is 29.6 Å². The van der Waals surface area contributed by atoms with Crippen molar-refractivity contribution in [2.45, 2.75) is 83.2 Å². The fourth-order valence-corrected chi connectivity index (χ4v) is 6.81. The molecule has 0 aromatic heterocycles. The summed E-state index contributed by atoms with van der Waals surface area (Å²) < 4.78 is 12.1. The first-order valence-corrected chi connectivity index (χ1v) is 17.2. The van der Waals surface area contributed by atoms with Gasteiger partial charge in [-0.2, -0.15) is 0 Å². The van der Waals surface area contributed by atoms with E-state index in [2.05, 4.69) is 12.2 Å². The summed E-state index contributed by atoms with van der Waals surface area (Å²) in [5, 5.41) is 23.7. The highest BCUT2D eigenvalue weighted by atomic mass is 16.7. The van der Waals surface area contributed by atoms with Gasteiger partial charge < -0.3 is 29.8 Å². The third kappa shape index (κ3) is 6.74. The van der Waals surface area contributed by atoms with Crippen LogP contribution in [0.2, 0.25) is 0 Å². The second-order valence-electron chi connectivity index (χ2n) is 13.0. The van der Waals surface area contributed by atoms with Crippen LogP contribution in [0.1, 0.15) is 115 Å². The van der Waals surface area contributed by atoms with Crippen molar-refractivity contribution in [1.29, 1.82) is 0 Å². The summed E-state index contributed by atoms with van der Waals surface area (Å²) in [4.78, 5) is 69.7. The highest BCUT2D eigenvalue weighted by molar-refractivity contribution is 6.02. The van der Waals surface area contributed by atoms with Gasteiger partial charge in [-0.1, -0.05) is 58.3 Å². The predicted octanol–water partition coefficient (Wildman–Crippen LogP) is 6.15. The van der Waals surface area contributed by atoms with Gasteiger partial charge in [0.2, 0.25) is 0 Å². The summed E-state index contributed by atoms with van der Waals surface area (Å²) >= 11 is 0. The van der Waals surface area contributed by atoms with E-state index in [4.69, 9.17) is 14.3 Å². The van der Waals surface area contributed by atoms with E-state index in [1.807, 2.05) is 0 Å². The first kappa shape index (κ1) is 34.5. The average molecular weight is 685 g/mol. The molecule has 12 nitrogen and oxygen atoms in total. The minimum absolute atomic E-state index is 0.0268. The van der Waals surface area contributed by atoms with E-state index in [0.29, 0.717) is 34.6 Å². The number of fused-ring (bicyclic) bond motifs is 6. The van der Waals surface area contributed by atoms with Gasteiger partial charge in [0.25, 0.3) is 17.7 Å². The van der Waals surface area contributed by atoms with Gasteiger partial charge in [0.1, 0.15) is 23.0 Å². The molecule has 3 amide bonds. The number of amides is 3. The maximum absolute atomic E-state index is 13.7. The Morgan fingerprint density at radius 3 is 2.04 bits per heavy atom. The summed E-state index contributed by atoms with van der Waals surface area (Å²) in [5.74, 6) is -3.68. The Bertz CT molecular complexity index is 1770. The predicted molar refractivity (Wildman–Crippen MR) is 178 cm³/mol. The summed E-state index contributed by atoms with van der Waals surface area (Å²) in [6.07, 6.45) is 8.74. The maximum atomic E-state index is 13.7. The summed E-state index contributed by atoms with van der Waals surface area (Å²) in [7, 11) is 0. The molecular formula is C38H40N2O10.